The van der Waals surface area contributed by atoms with Gasteiger partial charge in [0.2, 0.25) is 0 Å². The standard InChI is InChI=1S/C14H15F3N2O2/c1-9-3-4-13(21-2)11(5-9)12(20)8-19-7-10(6-18-19)14(15,16)17/h3-7,12,20H,8H2,1-2H3. The fraction of sp³-hybridized carbons (Fsp3) is 0.357. The maximum atomic E-state index is 12.5. The molecule has 21 heavy (non-hydrogen) atoms. The van der Waals surface area contributed by atoms with Crippen molar-refractivity contribution in [1.82, 2.24) is 9.78 Å². The highest BCUT2D eigenvalue weighted by atomic mass is 19.4. The number of methoxy groups -OCH3 is 1. The molecule has 1 unspecified atom stereocenters. The Labute approximate surface area is 119 Å². The molecule has 4 nitrogen and oxygen atoms in total. The Morgan fingerprint density at radius 2 is 2.10 bits per heavy atom. The Morgan fingerprint density at radius 3 is 2.67 bits per heavy atom. The Bertz CT molecular complexity index is 623. The number of aryl methyl sites for hydroxylation is 1. The van der Waals surface area contributed by atoms with Crippen LogP contribution in [0.15, 0.2) is 30.6 Å². The van der Waals surface area contributed by atoms with Crippen LogP contribution < -0.4 is 4.74 Å². The molecule has 0 spiro atoms. The highest BCUT2D eigenvalue weighted by Gasteiger charge is 2.32. The topological polar surface area (TPSA) is 47.3 Å². The number of aromatic nitrogens is 2. The van der Waals surface area contributed by atoms with Crippen LogP contribution in [-0.4, -0.2) is 22.0 Å². The molecule has 0 radical (unpaired) electrons. The van der Waals surface area contributed by atoms with Crippen molar-refractivity contribution in [3.8, 4) is 5.75 Å². The number of halogens is 3. The first-order valence-electron chi connectivity index (χ1n) is 6.23. The van der Waals surface area contributed by atoms with Crippen LogP contribution in [0.25, 0.3) is 0 Å². The summed E-state index contributed by atoms with van der Waals surface area (Å²) in [4.78, 5) is 0. The molecule has 0 aliphatic carbocycles. The van der Waals surface area contributed by atoms with Gasteiger partial charge in [0.1, 0.15) is 11.9 Å². The number of ether oxygens (including phenoxy) is 1. The van der Waals surface area contributed by atoms with Crippen molar-refractivity contribution < 1.29 is 23.0 Å². The van der Waals surface area contributed by atoms with Gasteiger partial charge in [-0.25, -0.2) is 0 Å². The Morgan fingerprint density at radius 1 is 1.38 bits per heavy atom. The SMILES string of the molecule is COc1ccc(C)cc1C(O)Cn1cc(C(F)(F)F)cn1. The van der Waals surface area contributed by atoms with E-state index in [0.717, 1.165) is 22.6 Å². The molecule has 114 valence electrons. The van der Waals surface area contributed by atoms with E-state index >= 15 is 0 Å². The minimum atomic E-state index is -4.44. The van der Waals surface area contributed by atoms with Crippen molar-refractivity contribution in [3.63, 3.8) is 0 Å². The fourth-order valence-electron chi connectivity index (χ4n) is 2.00. The van der Waals surface area contributed by atoms with E-state index in [1.165, 1.54) is 7.11 Å². The van der Waals surface area contributed by atoms with E-state index in [-0.39, 0.29) is 6.54 Å². The quantitative estimate of drug-likeness (QED) is 0.944. The van der Waals surface area contributed by atoms with Crippen molar-refractivity contribution >= 4 is 0 Å². The van der Waals surface area contributed by atoms with Gasteiger partial charge in [-0.05, 0) is 19.1 Å². The molecule has 0 saturated carbocycles. The Balaban J connectivity index is 2.20. The van der Waals surface area contributed by atoms with Crippen LogP contribution >= 0.6 is 0 Å². The number of alkyl halides is 3. The maximum absolute atomic E-state index is 12.5. The molecule has 1 N–H and O–H groups in total. The summed E-state index contributed by atoms with van der Waals surface area (Å²) < 4.78 is 43.7. The number of benzene rings is 1. The van der Waals surface area contributed by atoms with Crippen LogP contribution in [0.3, 0.4) is 0 Å². The first-order chi connectivity index (χ1) is 9.81. The van der Waals surface area contributed by atoms with Crippen molar-refractivity contribution in [3.05, 3.63) is 47.3 Å². The van der Waals surface area contributed by atoms with Crippen molar-refractivity contribution in [1.29, 1.82) is 0 Å². The van der Waals surface area contributed by atoms with E-state index in [4.69, 9.17) is 4.74 Å². The molecule has 0 fully saturated rings. The number of rotatable bonds is 4. The molecular formula is C14H15F3N2O2. The molecule has 0 bridgehead atoms. The maximum Gasteiger partial charge on any atom is 0.419 e. The zero-order chi connectivity index (χ0) is 15.6. The van der Waals surface area contributed by atoms with Crippen LogP contribution in [0, 0.1) is 6.92 Å². The lowest BCUT2D eigenvalue weighted by Crippen LogP contribution is -2.11. The van der Waals surface area contributed by atoms with Gasteiger partial charge in [-0.15, -0.1) is 0 Å². The zero-order valence-electron chi connectivity index (χ0n) is 11.6. The highest BCUT2D eigenvalue weighted by Crippen LogP contribution is 2.30. The van der Waals surface area contributed by atoms with Crippen LogP contribution in [-0.2, 0) is 12.7 Å². The number of aliphatic hydroxyl groups is 1. The van der Waals surface area contributed by atoms with Crippen LogP contribution in [0.5, 0.6) is 5.75 Å². The lowest BCUT2D eigenvalue weighted by molar-refractivity contribution is -0.137. The van der Waals surface area contributed by atoms with Gasteiger partial charge in [0.15, 0.2) is 0 Å². The minimum Gasteiger partial charge on any atom is -0.496 e. The summed E-state index contributed by atoms with van der Waals surface area (Å²) in [7, 11) is 1.47. The lowest BCUT2D eigenvalue weighted by atomic mass is 10.1. The van der Waals surface area contributed by atoms with Gasteiger partial charge < -0.3 is 9.84 Å². The molecule has 1 atom stereocenters. The molecule has 7 heteroatoms. The van der Waals surface area contributed by atoms with Gasteiger partial charge in [0, 0.05) is 11.8 Å². The predicted octanol–water partition coefficient (Wildman–Crippen LogP) is 2.95. The summed E-state index contributed by atoms with van der Waals surface area (Å²) in [6.45, 7) is 1.77. The third kappa shape index (κ3) is 3.55. The number of nitrogens with zero attached hydrogens (tertiary/aromatic N) is 2. The van der Waals surface area contributed by atoms with Crippen molar-refractivity contribution in [2.75, 3.05) is 7.11 Å². The molecule has 0 saturated heterocycles. The van der Waals surface area contributed by atoms with Gasteiger partial charge in [0.05, 0.1) is 25.4 Å². The average Bonchev–Trinajstić information content (AvgIpc) is 2.87. The molecular weight excluding hydrogens is 285 g/mol. The molecule has 0 amide bonds. The molecule has 1 heterocycles. The largest absolute Gasteiger partial charge is 0.496 e. The Hall–Kier alpha value is -2.02. The van der Waals surface area contributed by atoms with E-state index in [0.29, 0.717) is 11.3 Å². The summed E-state index contributed by atoms with van der Waals surface area (Å²) in [5.41, 5.74) is 0.591. The molecule has 0 aliphatic rings. The smallest absolute Gasteiger partial charge is 0.419 e. The fourth-order valence-corrected chi connectivity index (χ4v) is 2.00. The number of hydrogen-bond acceptors (Lipinski definition) is 3. The first-order valence-corrected chi connectivity index (χ1v) is 6.23. The van der Waals surface area contributed by atoms with Crippen LogP contribution in [0.4, 0.5) is 13.2 Å². The van der Waals surface area contributed by atoms with E-state index in [2.05, 4.69) is 5.10 Å². The molecule has 0 aliphatic heterocycles. The minimum absolute atomic E-state index is 0.0874. The first kappa shape index (κ1) is 15.4. The predicted molar refractivity (Wildman–Crippen MR) is 69.9 cm³/mol. The summed E-state index contributed by atoms with van der Waals surface area (Å²) in [5, 5.41) is 13.8. The average molecular weight is 300 g/mol. The Kier molecular flexibility index (Phi) is 4.22. The summed E-state index contributed by atoms with van der Waals surface area (Å²) >= 11 is 0. The third-order valence-electron chi connectivity index (χ3n) is 3.06. The van der Waals surface area contributed by atoms with Gasteiger partial charge >= 0.3 is 6.18 Å². The molecule has 2 aromatic rings. The van der Waals surface area contributed by atoms with E-state index < -0.39 is 17.8 Å². The summed E-state index contributed by atoms with van der Waals surface area (Å²) in [6, 6.07) is 5.26. The zero-order valence-corrected chi connectivity index (χ0v) is 11.6. The van der Waals surface area contributed by atoms with Crippen molar-refractivity contribution in [2.45, 2.75) is 25.7 Å². The normalized spacial score (nSPS) is 13.2. The second-order valence-corrected chi connectivity index (χ2v) is 4.71. The highest BCUT2D eigenvalue weighted by molar-refractivity contribution is 5.38. The summed E-state index contributed by atoms with van der Waals surface area (Å²) in [5.74, 6) is 0.483. The monoisotopic (exact) mass is 300 g/mol. The molecule has 1 aromatic carbocycles. The van der Waals surface area contributed by atoms with Crippen molar-refractivity contribution in [2.24, 2.45) is 0 Å². The number of aliphatic hydroxyl groups excluding tert-OH is 1. The second kappa shape index (κ2) is 5.77. The molecule has 1 aromatic heterocycles. The van der Waals surface area contributed by atoms with Crippen LogP contribution in [0.1, 0.15) is 22.8 Å². The van der Waals surface area contributed by atoms with E-state index in [1.807, 2.05) is 13.0 Å². The third-order valence-corrected chi connectivity index (χ3v) is 3.06. The summed E-state index contributed by atoms with van der Waals surface area (Å²) in [6.07, 6.45) is -3.85. The van der Waals surface area contributed by atoms with Gasteiger partial charge in [-0.3, -0.25) is 4.68 Å². The van der Waals surface area contributed by atoms with Gasteiger partial charge in [-0.2, -0.15) is 18.3 Å². The van der Waals surface area contributed by atoms with Crippen LogP contribution in [0.2, 0.25) is 0 Å². The van der Waals surface area contributed by atoms with Gasteiger partial charge in [-0.1, -0.05) is 11.6 Å². The number of hydrogen-bond donors (Lipinski definition) is 1. The van der Waals surface area contributed by atoms with Gasteiger partial charge in [0.25, 0.3) is 0 Å². The van der Waals surface area contributed by atoms with E-state index in [9.17, 15) is 18.3 Å². The second-order valence-electron chi connectivity index (χ2n) is 4.71. The molecule has 2 rings (SSSR count). The van der Waals surface area contributed by atoms with E-state index in [1.54, 1.807) is 12.1 Å². The lowest BCUT2D eigenvalue weighted by Gasteiger charge is -2.15.